The number of phosphoric ester groups is 1. The smallest absolute Gasteiger partial charge is 0.369 e. The van der Waals surface area contributed by atoms with Crippen molar-refractivity contribution in [3.63, 3.8) is 0 Å². The van der Waals surface area contributed by atoms with Gasteiger partial charge in [0, 0.05) is 16.7 Å². The van der Waals surface area contributed by atoms with Crippen LogP contribution in [0.4, 0.5) is 0 Å². The Labute approximate surface area is 287 Å². The van der Waals surface area contributed by atoms with Crippen LogP contribution in [-0.2, 0) is 4.57 Å². The zero-order valence-electron chi connectivity index (χ0n) is 28.4. The van der Waals surface area contributed by atoms with Gasteiger partial charge in [-0.1, -0.05) is 36.4 Å². The third-order valence-corrected chi connectivity index (χ3v) is 11.3. The van der Waals surface area contributed by atoms with E-state index in [0.29, 0.717) is 17.6 Å². The molecule has 0 N–H and O–H groups in total. The molecule has 0 spiro atoms. The van der Waals surface area contributed by atoms with Crippen LogP contribution in [0.2, 0.25) is 0 Å². The largest absolute Gasteiger partial charge is 0.650 e. The molecule has 0 fully saturated rings. The molecule has 11 heteroatoms. The number of benzene rings is 3. The second kappa shape index (κ2) is 10.8. The molecule has 3 aromatic carbocycles. The molecule has 9 aromatic rings. The average Bonchev–Trinajstić information content (AvgIpc) is 3.63. The van der Waals surface area contributed by atoms with Gasteiger partial charge in [-0.15, -0.1) is 0 Å². The van der Waals surface area contributed by atoms with Crippen LogP contribution in [0.5, 0.6) is 17.6 Å². The molecule has 6 aromatic heterocycles. The van der Waals surface area contributed by atoms with Gasteiger partial charge in [-0.3, -0.25) is 28.2 Å². The van der Waals surface area contributed by atoms with Crippen LogP contribution in [0, 0.1) is 41.5 Å². The maximum absolute atomic E-state index is 15.8. The fourth-order valence-corrected chi connectivity index (χ4v) is 8.36. The Kier molecular flexibility index (Phi) is 6.54. The number of rotatable bonds is 6. The molecule has 0 saturated heterocycles. The van der Waals surface area contributed by atoms with Crippen molar-refractivity contribution in [3.05, 3.63) is 125 Å². The van der Waals surface area contributed by atoms with E-state index in [-0.39, 0.29) is 0 Å². The van der Waals surface area contributed by atoms with Crippen LogP contribution in [0.1, 0.15) is 33.4 Å². The van der Waals surface area contributed by atoms with Gasteiger partial charge in [-0.2, -0.15) is 4.57 Å². The number of phosphoric acid groups is 1. The zero-order chi connectivity index (χ0) is 34.5. The third kappa shape index (κ3) is 4.28. The molecule has 248 valence electrons. The molecule has 9 rings (SSSR count). The Balaban J connectivity index is 1.32. The fourth-order valence-electron chi connectivity index (χ4n) is 6.95. The third-order valence-electron chi connectivity index (χ3n) is 10.1. The van der Waals surface area contributed by atoms with Crippen molar-refractivity contribution in [1.82, 2.24) is 28.2 Å². The number of fused-ring (bicyclic) bond motifs is 9. The normalized spacial score (nSPS) is 12.3. The summed E-state index contributed by atoms with van der Waals surface area (Å²) in [5, 5.41) is 0. The number of aromatic nitrogens is 6. The number of aryl methyl sites for hydroxylation is 3. The number of hydrogen-bond donors (Lipinski definition) is 0. The molecule has 0 bridgehead atoms. The molecule has 0 saturated carbocycles. The van der Waals surface area contributed by atoms with E-state index < -0.39 is 7.82 Å². The maximum Gasteiger partial charge on any atom is 0.650 e. The SMILES string of the molecule is Cc1c(C)c2cnc3ccccc3n2c1OP(=O)(Oc1c(C)c(C)c2cnc3ccccc3n12)Oc1c(C)c(C)c2cnc3ccccc3n12. The van der Waals surface area contributed by atoms with Crippen molar-refractivity contribution in [1.29, 1.82) is 0 Å². The van der Waals surface area contributed by atoms with Gasteiger partial charge in [0.05, 0.1) is 68.2 Å². The Morgan fingerprint density at radius 2 is 0.700 bits per heavy atom. The Morgan fingerprint density at radius 1 is 0.420 bits per heavy atom. The first-order valence-corrected chi connectivity index (χ1v) is 17.9. The number of para-hydroxylation sites is 6. The van der Waals surface area contributed by atoms with Gasteiger partial charge in [0.2, 0.25) is 17.6 Å². The van der Waals surface area contributed by atoms with E-state index in [0.717, 1.165) is 83.0 Å². The second-order valence-corrected chi connectivity index (χ2v) is 14.2. The Hall–Kier alpha value is -5.86. The molecular weight excluding hydrogens is 647 g/mol. The molecule has 6 heterocycles. The number of hydrogen-bond acceptors (Lipinski definition) is 7. The van der Waals surface area contributed by atoms with Crippen LogP contribution < -0.4 is 13.6 Å². The van der Waals surface area contributed by atoms with Crippen LogP contribution in [0.15, 0.2) is 91.4 Å². The quantitative estimate of drug-likeness (QED) is 0.161. The van der Waals surface area contributed by atoms with E-state index in [1.54, 1.807) is 0 Å². The average molecular weight is 681 g/mol. The Morgan fingerprint density at radius 3 is 1.00 bits per heavy atom. The summed E-state index contributed by atoms with van der Waals surface area (Å²) in [7, 11) is -4.60. The highest BCUT2D eigenvalue weighted by atomic mass is 31.2. The fraction of sp³-hybridized carbons (Fsp3) is 0.154. The predicted molar refractivity (Wildman–Crippen MR) is 196 cm³/mol. The van der Waals surface area contributed by atoms with Crippen molar-refractivity contribution in [2.24, 2.45) is 0 Å². The summed E-state index contributed by atoms with van der Waals surface area (Å²) in [6.45, 7) is 11.8. The van der Waals surface area contributed by atoms with E-state index in [4.69, 9.17) is 13.6 Å². The Bertz CT molecular complexity index is 2610. The highest BCUT2D eigenvalue weighted by Gasteiger charge is 2.40. The van der Waals surface area contributed by atoms with Crippen molar-refractivity contribution in [2.45, 2.75) is 41.5 Å². The van der Waals surface area contributed by atoms with Gasteiger partial charge in [-0.25, -0.2) is 0 Å². The first-order chi connectivity index (χ1) is 24.1. The molecular formula is C39H33N6O4P. The maximum atomic E-state index is 15.8. The lowest BCUT2D eigenvalue weighted by Gasteiger charge is -2.21. The molecule has 0 atom stereocenters. The molecule has 0 unspecified atom stereocenters. The first-order valence-electron chi connectivity index (χ1n) is 16.4. The summed E-state index contributed by atoms with van der Waals surface area (Å²) in [4.78, 5) is 14.1. The number of nitrogens with zero attached hydrogens (tertiary/aromatic N) is 6. The van der Waals surface area contributed by atoms with Crippen molar-refractivity contribution in [3.8, 4) is 17.6 Å². The van der Waals surface area contributed by atoms with E-state index >= 15 is 4.57 Å². The summed E-state index contributed by atoms with van der Waals surface area (Å²) >= 11 is 0. The van der Waals surface area contributed by atoms with Crippen molar-refractivity contribution < 1.29 is 18.1 Å². The lowest BCUT2D eigenvalue weighted by Crippen LogP contribution is -2.12. The topological polar surface area (TPSA) is 96.7 Å². The molecule has 50 heavy (non-hydrogen) atoms. The minimum Gasteiger partial charge on any atom is -0.369 e. The first kappa shape index (κ1) is 30.2. The summed E-state index contributed by atoms with van der Waals surface area (Å²) < 4.78 is 41.8. The standard InChI is InChI=1S/C39H33N6O4P/c1-22-25(4)37(43-31-16-10-7-13-28(31)40-19-34(22)43)47-50(46,48-38-26(5)23(2)35-20-41-29-14-8-11-17-32(29)44(35)38)49-39-27(6)24(3)36-21-42-30-15-9-12-18-33(30)45(36)39/h7-21H,1-6H3. The summed E-state index contributed by atoms with van der Waals surface area (Å²) in [6, 6.07) is 23.4. The molecule has 0 aliphatic rings. The highest BCUT2D eigenvalue weighted by Crippen LogP contribution is 2.54. The summed E-state index contributed by atoms with van der Waals surface area (Å²) in [6.07, 6.45) is 5.43. The minimum atomic E-state index is -4.60. The van der Waals surface area contributed by atoms with Crippen molar-refractivity contribution in [2.75, 3.05) is 0 Å². The van der Waals surface area contributed by atoms with E-state index in [1.807, 2.05) is 146 Å². The van der Waals surface area contributed by atoms with Crippen LogP contribution in [0.3, 0.4) is 0 Å². The summed E-state index contributed by atoms with van der Waals surface area (Å²) in [5.74, 6) is 1.05. The van der Waals surface area contributed by atoms with Gasteiger partial charge < -0.3 is 13.6 Å². The van der Waals surface area contributed by atoms with Crippen LogP contribution in [-0.4, -0.2) is 28.2 Å². The summed E-state index contributed by atoms with van der Waals surface area (Å²) in [5.41, 5.74) is 12.4. The molecule has 0 amide bonds. The van der Waals surface area contributed by atoms with E-state index in [2.05, 4.69) is 15.0 Å². The molecule has 0 radical (unpaired) electrons. The highest BCUT2D eigenvalue weighted by molar-refractivity contribution is 7.49. The molecule has 10 nitrogen and oxygen atoms in total. The molecule has 0 aliphatic heterocycles. The predicted octanol–water partition coefficient (Wildman–Crippen LogP) is 9.58. The van der Waals surface area contributed by atoms with Gasteiger partial charge in [0.1, 0.15) is 0 Å². The van der Waals surface area contributed by atoms with Crippen LogP contribution >= 0.6 is 7.82 Å². The van der Waals surface area contributed by atoms with Gasteiger partial charge in [0.25, 0.3) is 0 Å². The van der Waals surface area contributed by atoms with Gasteiger partial charge >= 0.3 is 7.82 Å². The monoisotopic (exact) mass is 680 g/mol. The van der Waals surface area contributed by atoms with Gasteiger partial charge in [-0.05, 0) is 94.6 Å². The van der Waals surface area contributed by atoms with Gasteiger partial charge in [0.15, 0.2) is 0 Å². The zero-order valence-corrected chi connectivity index (χ0v) is 29.3. The van der Waals surface area contributed by atoms with Crippen molar-refractivity contribution >= 4 is 57.5 Å². The van der Waals surface area contributed by atoms with E-state index in [1.165, 1.54) is 0 Å². The van der Waals surface area contributed by atoms with E-state index in [9.17, 15) is 0 Å². The second-order valence-electron chi connectivity index (χ2n) is 12.8. The lowest BCUT2D eigenvalue weighted by atomic mass is 10.2. The van der Waals surface area contributed by atoms with Crippen LogP contribution in [0.25, 0.3) is 49.7 Å². The minimum absolute atomic E-state index is 0.350. The molecule has 0 aliphatic carbocycles. The lowest BCUT2D eigenvalue weighted by molar-refractivity contribution is 0.284.